The van der Waals surface area contributed by atoms with Crippen molar-refractivity contribution >= 4 is 58.5 Å². The number of hydrogen-bond acceptors (Lipinski definition) is 12. The summed E-state index contributed by atoms with van der Waals surface area (Å²) in [5, 5.41) is 16.4. The average Bonchev–Trinajstić information content (AvgIpc) is 3.32. The Balaban J connectivity index is 1.27. The third kappa shape index (κ3) is 6.71. The molecule has 2 aromatic carbocycles. The molecule has 17 nitrogen and oxygen atoms in total. The minimum Gasteiger partial charge on any atom is -0.480 e. The van der Waals surface area contributed by atoms with E-state index in [9.17, 15) is 43.5 Å². The van der Waals surface area contributed by atoms with Gasteiger partial charge in [0.05, 0.1) is 12.5 Å². The largest absolute Gasteiger partial charge is 0.513 e. The molecule has 0 aliphatic carbocycles. The van der Waals surface area contributed by atoms with E-state index in [0.29, 0.717) is 10.1 Å². The lowest BCUT2D eigenvalue weighted by Gasteiger charge is -2.44. The molecule has 5 rings (SSSR count). The predicted octanol–water partition coefficient (Wildman–Crippen LogP) is 0.0938. The predicted molar refractivity (Wildman–Crippen MR) is 170 cm³/mol. The zero-order valence-corrected chi connectivity index (χ0v) is 27.3. The molecule has 2 fully saturated rings. The highest BCUT2D eigenvalue weighted by molar-refractivity contribution is 8.01. The van der Waals surface area contributed by atoms with Crippen LogP contribution in [0.5, 0.6) is 5.75 Å². The smallest absolute Gasteiger partial charge is 0.480 e. The van der Waals surface area contributed by atoms with E-state index in [4.69, 9.17) is 9.15 Å². The van der Waals surface area contributed by atoms with Crippen LogP contribution in [-0.2, 0) is 35.3 Å². The molecule has 258 valence electrons. The quantitative estimate of drug-likeness (QED) is 0.125. The molecule has 2 aliphatic heterocycles. The zero-order valence-electron chi connectivity index (χ0n) is 26.5. The summed E-state index contributed by atoms with van der Waals surface area (Å²) in [6.45, 7) is 3.87. The van der Waals surface area contributed by atoms with Crippen LogP contribution in [0.1, 0.15) is 32.4 Å². The number of ether oxygens (including phenoxy) is 2. The second-order valence-corrected chi connectivity index (χ2v) is 13.4. The van der Waals surface area contributed by atoms with Crippen LogP contribution < -0.4 is 32.0 Å². The van der Waals surface area contributed by atoms with Gasteiger partial charge in [0.1, 0.15) is 36.1 Å². The molecular weight excluding hydrogens is 666 g/mol. The van der Waals surface area contributed by atoms with Crippen molar-refractivity contribution in [2.45, 2.75) is 61.6 Å². The van der Waals surface area contributed by atoms with E-state index in [1.165, 1.54) is 41.8 Å². The van der Waals surface area contributed by atoms with Gasteiger partial charge in [-0.05, 0) is 38.5 Å². The van der Waals surface area contributed by atoms with Crippen molar-refractivity contribution in [3.63, 3.8) is 0 Å². The Labute approximate surface area is 280 Å². The topological polar surface area (TPSA) is 233 Å². The standard InChI is InChI=1S/C31H31N5O12S/c1-14(32-18(37)13-35-25(40)16-11-8-12-17(47-30(45)46-4)21(16)48-29(35)44)23(38)33-19(15-9-6-5-7-10-15)24(39)34-20-26(41)36-22(28(42)43)31(2,3)49-27(20)36/h5-12,14,19-20,22,27H,13H2,1-4H3,(H,32,37)(H,33,38)(H,34,39)(H,42,43)/t14?,19-,20-,22?,27?/m1/s1. The molecule has 5 atom stereocenters. The summed E-state index contributed by atoms with van der Waals surface area (Å²) in [6.07, 6.45) is -1.12. The lowest BCUT2D eigenvalue weighted by Crippen LogP contribution is -2.71. The molecule has 4 amide bonds. The number of methoxy groups -OCH3 is 1. The van der Waals surface area contributed by atoms with Crippen LogP contribution in [0.2, 0.25) is 0 Å². The summed E-state index contributed by atoms with van der Waals surface area (Å²) >= 11 is 1.24. The van der Waals surface area contributed by atoms with Crippen LogP contribution in [0.4, 0.5) is 4.79 Å². The fourth-order valence-electron chi connectivity index (χ4n) is 5.60. The second kappa shape index (κ2) is 13.5. The monoisotopic (exact) mass is 697 g/mol. The number of rotatable bonds is 10. The number of benzene rings is 2. The first-order chi connectivity index (χ1) is 23.1. The maximum absolute atomic E-state index is 13.5. The number of nitrogens with one attached hydrogen (secondary N) is 3. The lowest BCUT2D eigenvalue weighted by molar-refractivity contribution is -0.161. The number of para-hydroxylation sites is 1. The third-order valence-electron chi connectivity index (χ3n) is 7.95. The van der Waals surface area contributed by atoms with Crippen LogP contribution in [0.15, 0.2) is 62.5 Å². The number of aromatic nitrogens is 1. The number of thioether (sulfide) groups is 1. The van der Waals surface area contributed by atoms with Gasteiger partial charge in [0.2, 0.25) is 23.6 Å². The summed E-state index contributed by atoms with van der Waals surface area (Å²) in [5.41, 5.74) is -0.919. The first-order valence-electron chi connectivity index (χ1n) is 14.7. The SMILES string of the molecule is COC(=O)Oc1cccc2c(=O)n(CC(=O)NC(C)C(=O)N[C@@H](C(=O)N[C@@H]3C(=O)N4C3SC(C)(C)C4C(=O)O)c3ccccc3)c(=O)oc12. The van der Waals surface area contributed by atoms with Gasteiger partial charge in [0.15, 0.2) is 11.3 Å². The van der Waals surface area contributed by atoms with Crippen molar-refractivity contribution in [3.8, 4) is 5.75 Å². The number of amides is 4. The first kappa shape index (κ1) is 34.7. The highest BCUT2D eigenvalue weighted by Crippen LogP contribution is 2.50. The van der Waals surface area contributed by atoms with E-state index in [1.54, 1.807) is 44.2 Å². The van der Waals surface area contributed by atoms with Gasteiger partial charge in [0, 0.05) is 4.75 Å². The van der Waals surface area contributed by atoms with E-state index in [2.05, 4.69) is 20.7 Å². The van der Waals surface area contributed by atoms with Crippen LogP contribution in [0.3, 0.4) is 0 Å². The fourth-order valence-corrected chi connectivity index (χ4v) is 7.23. The second-order valence-electron chi connectivity index (χ2n) is 11.7. The van der Waals surface area contributed by atoms with Gasteiger partial charge < -0.3 is 39.8 Å². The van der Waals surface area contributed by atoms with Gasteiger partial charge in [0.25, 0.3) is 5.56 Å². The molecule has 0 saturated carbocycles. The molecule has 0 radical (unpaired) electrons. The average molecular weight is 698 g/mol. The van der Waals surface area contributed by atoms with E-state index in [-0.39, 0.29) is 16.7 Å². The van der Waals surface area contributed by atoms with Crippen molar-refractivity contribution in [1.29, 1.82) is 0 Å². The third-order valence-corrected chi connectivity index (χ3v) is 9.52. The molecule has 49 heavy (non-hydrogen) atoms. The van der Waals surface area contributed by atoms with E-state index in [0.717, 1.165) is 7.11 Å². The maximum atomic E-state index is 13.5. The summed E-state index contributed by atoms with van der Waals surface area (Å²) in [6, 6.07) is 7.31. The highest BCUT2D eigenvalue weighted by atomic mass is 32.2. The molecule has 2 aliphatic rings. The number of hydrogen-bond donors (Lipinski definition) is 4. The fraction of sp³-hybridized carbons (Fsp3) is 0.355. The van der Waals surface area contributed by atoms with Gasteiger partial charge in [-0.3, -0.25) is 24.0 Å². The highest BCUT2D eigenvalue weighted by Gasteiger charge is 2.64. The van der Waals surface area contributed by atoms with Crippen LogP contribution in [-0.4, -0.2) is 85.7 Å². The number of carbonyl (C=O) groups is 6. The van der Waals surface area contributed by atoms with Crippen molar-refractivity contribution in [2.75, 3.05) is 7.11 Å². The molecule has 3 aromatic rings. The molecule has 2 saturated heterocycles. The molecule has 1 aromatic heterocycles. The number of aliphatic carboxylic acids is 1. The summed E-state index contributed by atoms with van der Waals surface area (Å²) in [7, 11) is 1.06. The Kier molecular flexibility index (Phi) is 9.52. The summed E-state index contributed by atoms with van der Waals surface area (Å²) in [5.74, 6) is -5.71. The number of carbonyl (C=O) groups excluding carboxylic acids is 5. The van der Waals surface area contributed by atoms with Crippen LogP contribution >= 0.6 is 11.8 Å². The van der Waals surface area contributed by atoms with Gasteiger partial charge >= 0.3 is 17.9 Å². The minimum absolute atomic E-state index is 0.178. The van der Waals surface area contributed by atoms with E-state index < -0.39 is 87.9 Å². The van der Waals surface area contributed by atoms with E-state index >= 15 is 0 Å². The summed E-state index contributed by atoms with van der Waals surface area (Å²) < 4.78 is 14.1. The number of β-lactam (4-membered cyclic amide) rings is 1. The molecule has 18 heteroatoms. The Hall–Kier alpha value is -5.65. The van der Waals surface area contributed by atoms with Gasteiger partial charge in [-0.1, -0.05) is 36.4 Å². The number of carboxylic acid groups (broad SMARTS) is 1. The molecule has 3 heterocycles. The molecule has 3 unspecified atom stereocenters. The molecular formula is C31H31N5O12S. The first-order valence-corrected chi connectivity index (χ1v) is 15.6. The Morgan fingerprint density at radius 1 is 1.00 bits per heavy atom. The van der Waals surface area contributed by atoms with E-state index in [1.807, 2.05) is 0 Å². The molecule has 0 spiro atoms. The van der Waals surface area contributed by atoms with Gasteiger partial charge in [-0.25, -0.2) is 19.0 Å². The molecule has 4 N–H and O–H groups in total. The van der Waals surface area contributed by atoms with Gasteiger partial charge in [-0.15, -0.1) is 11.8 Å². The Morgan fingerprint density at radius 3 is 2.35 bits per heavy atom. The minimum atomic E-state index is -1.32. The number of nitrogens with zero attached hydrogens (tertiary/aromatic N) is 2. The lowest BCUT2D eigenvalue weighted by atomic mass is 9.95. The van der Waals surface area contributed by atoms with Gasteiger partial charge in [-0.2, -0.15) is 0 Å². The van der Waals surface area contributed by atoms with Crippen molar-refractivity contribution < 1.29 is 47.8 Å². The summed E-state index contributed by atoms with van der Waals surface area (Å²) in [4.78, 5) is 103. The molecule has 0 bridgehead atoms. The Bertz CT molecular complexity index is 1980. The van der Waals surface area contributed by atoms with Crippen molar-refractivity contribution in [3.05, 3.63) is 75.0 Å². The van der Waals surface area contributed by atoms with Crippen LogP contribution in [0.25, 0.3) is 11.0 Å². The maximum Gasteiger partial charge on any atom is 0.513 e. The number of fused-ring (bicyclic) bond motifs is 2. The normalized spacial score (nSPS) is 20.3. The van der Waals surface area contributed by atoms with Crippen molar-refractivity contribution in [2.24, 2.45) is 0 Å². The van der Waals surface area contributed by atoms with Crippen molar-refractivity contribution in [1.82, 2.24) is 25.4 Å². The zero-order chi connectivity index (χ0) is 35.8. The van der Waals surface area contributed by atoms with Crippen LogP contribution in [0, 0.1) is 0 Å². The number of carboxylic acids is 1. The Morgan fingerprint density at radius 2 is 1.69 bits per heavy atom.